The Labute approximate surface area is 239 Å². The summed E-state index contributed by atoms with van der Waals surface area (Å²) in [5, 5.41) is 9.41. The van der Waals surface area contributed by atoms with Crippen molar-refractivity contribution in [1.82, 2.24) is 14.5 Å². The second-order valence-electron chi connectivity index (χ2n) is 9.30. The minimum absolute atomic E-state index is 0.0968. The first-order chi connectivity index (χ1) is 19.9. The highest BCUT2D eigenvalue weighted by atomic mass is 19.1. The SMILES string of the molecule is CC.COCCn1c(Cc2ccc(-c3cccc(OCc4ccc(C)cc4F)n3)cc2)nc2ccc(C(=O)O)cc21. The summed E-state index contributed by atoms with van der Waals surface area (Å²) in [5.41, 5.74) is 5.79. The lowest BCUT2D eigenvalue weighted by molar-refractivity contribution is 0.0697. The maximum Gasteiger partial charge on any atom is 0.335 e. The number of ether oxygens (including phenoxy) is 2. The molecular weight excluding hydrogens is 521 g/mol. The molecule has 0 unspecified atom stereocenters. The first kappa shape index (κ1) is 29.4. The molecule has 1 N–H and O–H groups in total. The van der Waals surface area contributed by atoms with Gasteiger partial charge in [0.1, 0.15) is 18.2 Å². The molecule has 41 heavy (non-hydrogen) atoms. The largest absolute Gasteiger partial charge is 0.478 e. The number of carbonyl (C=O) groups is 1. The second kappa shape index (κ2) is 13.7. The average Bonchev–Trinajstić information content (AvgIpc) is 3.33. The number of nitrogens with zero attached hydrogens (tertiary/aromatic N) is 3. The van der Waals surface area contributed by atoms with Crippen molar-refractivity contribution in [2.24, 2.45) is 0 Å². The van der Waals surface area contributed by atoms with Crippen LogP contribution in [0.15, 0.2) is 78.9 Å². The molecule has 8 heteroatoms. The number of aromatic carboxylic acids is 1. The molecule has 0 fully saturated rings. The van der Waals surface area contributed by atoms with Crippen LogP contribution in [0, 0.1) is 12.7 Å². The minimum atomic E-state index is -0.973. The van der Waals surface area contributed by atoms with Crippen molar-refractivity contribution in [3.05, 3.63) is 113 Å². The van der Waals surface area contributed by atoms with Crippen molar-refractivity contribution in [2.45, 2.75) is 40.3 Å². The van der Waals surface area contributed by atoms with E-state index in [1.165, 1.54) is 6.07 Å². The van der Waals surface area contributed by atoms with Gasteiger partial charge in [0.05, 0.1) is 28.9 Å². The lowest BCUT2D eigenvalue weighted by atomic mass is 10.1. The molecule has 0 saturated heterocycles. The van der Waals surface area contributed by atoms with E-state index in [-0.39, 0.29) is 18.0 Å². The molecule has 2 aromatic heterocycles. The van der Waals surface area contributed by atoms with E-state index in [0.29, 0.717) is 31.0 Å². The number of benzene rings is 3. The van der Waals surface area contributed by atoms with Crippen LogP contribution in [0.5, 0.6) is 5.88 Å². The fraction of sp³-hybridized carbons (Fsp3) is 0.242. The maximum atomic E-state index is 14.2. The van der Waals surface area contributed by atoms with Crippen LogP contribution in [-0.4, -0.2) is 39.3 Å². The molecule has 7 nitrogen and oxygen atoms in total. The molecule has 3 aromatic carbocycles. The number of rotatable bonds is 10. The van der Waals surface area contributed by atoms with Gasteiger partial charge in [0.15, 0.2) is 0 Å². The molecule has 0 radical (unpaired) electrons. The van der Waals surface area contributed by atoms with Gasteiger partial charge in [-0.2, -0.15) is 0 Å². The van der Waals surface area contributed by atoms with Crippen molar-refractivity contribution in [2.75, 3.05) is 13.7 Å². The van der Waals surface area contributed by atoms with Crippen LogP contribution in [-0.2, 0) is 24.3 Å². The number of aromatic nitrogens is 3. The van der Waals surface area contributed by atoms with Crippen molar-refractivity contribution < 1.29 is 23.8 Å². The Morgan fingerprint density at radius 2 is 1.76 bits per heavy atom. The van der Waals surface area contributed by atoms with Gasteiger partial charge in [0.25, 0.3) is 0 Å². The van der Waals surface area contributed by atoms with E-state index in [2.05, 4.69) is 4.98 Å². The number of carboxylic acids is 1. The van der Waals surface area contributed by atoms with Crippen LogP contribution in [0.2, 0.25) is 0 Å². The number of halogens is 1. The predicted octanol–water partition coefficient (Wildman–Crippen LogP) is 7.09. The minimum Gasteiger partial charge on any atom is -0.478 e. The van der Waals surface area contributed by atoms with E-state index in [1.807, 2.05) is 67.8 Å². The maximum absolute atomic E-state index is 14.2. The van der Waals surface area contributed by atoms with Crippen molar-refractivity contribution in [1.29, 1.82) is 0 Å². The first-order valence-corrected chi connectivity index (χ1v) is 13.6. The van der Waals surface area contributed by atoms with Crippen LogP contribution in [0.4, 0.5) is 4.39 Å². The van der Waals surface area contributed by atoms with Crippen LogP contribution in [0.25, 0.3) is 22.3 Å². The highest BCUT2D eigenvalue weighted by Gasteiger charge is 2.14. The van der Waals surface area contributed by atoms with Gasteiger partial charge in [-0.15, -0.1) is 0 Å². The van der Waals surface area contributed by atoms with E-state index >= 15 is 0 Å². The summed E-state index contributed by atoms with van der Waals surface area (Å²) in [6, 6.07) is 23.6. The quantitative estimate of drug-likeness (QED) is 0.198. The zero-order valence-electron chi connectivity index (χ0n) is 23.7. The normalized spacial score (nSPS) is 10.8. The molecule has 5 rings (SSSR count). The van der Waals surface area contributed by atoms with Gasteiger partial charge in [0, 0.05) is 37.3 Å². The fourth-order valence-corrected chi connectivity index (χ4v) is 4.43. The third-order valence-electron chi connectivity index (χ3n) is 6.51. The lowest BCUT2D eigenvalue weighted by Gasteiger charge is -2.10. The van der Waals surface area contributed by atoms with Gasteiger partial charge in [-0.3, -0.25) is 0 Å². The molecule has 0 amide bonds. The predicted molar refractivity (Wildman–Crippen MR) is 158 cm³/mol. The van der Waals surface area contributed by atoms with Crippen LogP contribution >= 0.6 is 0 Å². The Hall–Kier alpha value is -4.56. The molecule has 0 saturated carbocycles. The lowest BCUT2D eigenvalue weighted by Crippen LogP contribution is -2.09. The Kier molecular flexibility index (Phi) is 9.81. The third-order valence-corrected chi connectivity index (χ3v) is 6.51. The van der Waals surface area contributed by atoms with Crippen LogP contribution < -0.4 is 4.74 Å². The van der Waals surface area contributed by atoms with Crippen molar-refractivity contribution >= 4 is 17.0 Å². The number of hydrogen-bond acceptors (Lipinski definition) is 5. The number of fused-ring (bicyclic) bond motifs is 1. The number of hydrogen-bond donors (Lipinski definition) is 1. The summed E-state index contributed by atoms with van der Waals surface area (Å²) in [6.45, 7) is 6.99. The van der Waals surface area contributed by atoms with Crippen molar-refractivity contribution in [3.63, 3.8) is 0 Å². The molecule has 0 aliphatic carbocycles. The monoisotopic (exact) mass is 555 g/mol. The Bertz CT molecular complexity index is 1630. The number of imidazole rings is 1. The van der Waals surface area contributed by atoms with Gasteiger partial charge < -0.3 is 19.1 Å². The zero-order valence-corrected chi connectivity index (χ0v) is 23.7. The molecule has 0 spiro atoms. The number of carboxylic acid groups (broad SMARTS) is 1. The van der Waals surface area contributed by atoms with E-state index in [1.54, 1.807) is 37.4 Å². The number of aryl methyl sites for hydroxylation is 1. The highest BCUT2D eigenvalue weighted by Crippen LogP contribution is 2.24. The topological polar surface area (TPSA) is 86.5 Å². The van der Waals surface area contributed by atoms with E-state index in [4.69, 9.17) is 14.5 Å². The summed E-state index contributed by atoms with van der Waals surface area (Å²) in [5.74, 6) is -0.0166. The summed E-state index contributed by atoms with van der Waals surface area (Å²) in [7, 11) is 1.63. The van der Waals surface area contributed by atoms with E-state index < -0.39 is 5.97 Å². The highest BCUT2D eigenvalue weighted by molar-refractivity contribution is 5.92. The van der Waals surface area contributed by atoms with Gasteiger partial charge in [-0.05, 0) is 48.4 Å². The average molecular weight is 556 g/mol. The standard InChI is InChI=1S/C31H28FN3O4.C2H6/c1-20-6-9-24(25(32)16-20)19-39-30-5-3-4-26(34-30)22-10-7-21(8-11-22)17-29-33-27-13-12-23(31(36)37)18-28(27)35(29)14-15-38-2;1-2/h3-13,16,18H,14-15,17,19H2,1-2H3,(H,36,37);1-2H3. The number of pyridine rings is 1. The molecule has 0 aliphatic heterocycles. The summed E-state index contributed by atoms with van der Waals surface area (Å²) >= 11 is 0. The summed E-state index contributed by atoms with van der Waals surface area (Å²) < 4.78 is 27.2. The third kappa shape index (κ3) is 7.15. The van der Waals surface area contributed by atoms with Crippen molar-refractivity contribution in [3.8, 4) is 17.1 Å². The molecule has 0 aliphatic rings. The molecule has 0 atom stereocenters. The Morgan fingerprint density at radius 3 is 2.46 bits per heavy atom. The van der Waals surface area contributed by atoms with Gasteiger partial charge in [-0.1, -0.05) is 56.3 Å². The van der Waals surface area contributed by atoms with Gasteiger partial charge >= 0.3 is 5.97 Å². The second-order valence-corrected chi connectivity index (χ2v) is 9.30. The molecule has 0 bridgehead atoms. The molecule has 5 aromatic rings. The van der Waals surface area contributed by atoms with Gasteiger partial charge in [-0.25, -0.2) is 19.2 Å². The van der Waals surface area contributed by atoms with Gasteiger partial charge in [0.2, 0.25) is 5.88 Å². The van der Waals surface area contributed by atoms with Crippen LogP contribution in [0.3, 0.4) is 0 Å². The zero-order chi connectivity index (χ0) is 29.4. The molecule has 212 valence electrons. The molecule has 2 heterocycles. The smallest absolute Gasteiger partial charge is 0.335 e. The van der Waals surface area contributed by atoms with E-state index in [9.17, 15) is 14.3 Å². The van der Waals surface area contributed by atoms with Crippen LogP contribution in [0.1, 0.15) is 46.7 Å². The first-order valence-electron chi connectivity index (χ1n) is 13.6. The summed E-state index contributed by atoms with van der Waals surface area (Å²) in [6.07, 6.45) is 0.569. The fourth-order valence-electron chi connectivity index (χ4n) is 4.43. The Morgan fingerprint density at radius 1 is 0.976 bits per heavy atom. The van der Waals surface area contributed by atoms with E-state index in [0.717, 1.165) is 39.2 Å². The molecular formula is C33H34FN3O4. The Balaban J connectivity index is 0.00000189. The summed E-state index contributed by atoms with van der Waals surface area (Å²) in [4.78, 5) is 20.8. The number of methoxy groups -OCH3 is 1.